The van der Waals surface area contributed by atoms with Gasteiger partial charge in [0.1, 0.15) is 11.6 Å². The zero-order valence-corrected chi connectivity index (χ0v) is 20.3. The molecule has 1 aliphatic heterocycles. The lowest BCUT2D eigenvalue weighted by Gasteiger charge is -2.14. The van der Waals surface area contributed by atoms with Crippen molar-refractivity contribution in [2.45, 2.75) is 51.1 Å². The predicted octanol–water partition coefficient (Wildman–Crippen LogP) is 2.17. The Morgan fingerprint density at radius 1 is 1.17 bits per heavy atom. The number of sulfone groups is 1. The topological polar surface area (TPSA) is 101 Å². The number of halogens is 2. The first kappa shape index (κ1) is 24.5. The Kier molecular flexibility index (Phi) is 9.01. The number of benzene rings is 1. The van der Waals surface area contributed by atoms with Gasteiger partial charge in [-0.3, -0.25) is 4.99 Å². The van der Waals surface area contributed by atoms with Crippen LogP contribution < -0.4 is 10.6 Å². The highest BCUT2D eigenvalue weighted by atomic mass is 127. The second-order valence-corrected chi connectivity index (χ2v) is 9.40. The molecular weight excluding hydrogens is 522 g/mol. The van der Waals surface area contributed by atoms with Crippen LogP contribution in [0.5, 0.6) is 0 Å². The number of aliphatic imine (C=N–C) groups is 1. The maximum atomic E-state index is 13.7. The van der Waals surface area contributed by atoms with Crippen LogP contribution in [-0.4, -0.2) is 42.4 Å². The van der Waals surface area contributed by atoms with Crippen LogP contribution in [0.15, 0.2) is 23.2 Å². The highest BCUT2D eigenvalue weighted by molar-refractivity contribution is 14.0. The van der Waals surface area contributed by atoms with Crippen molar-refractivity contribution in [3.05, 3.63) is 46.8 Å². The van der Waals surface area contributed by atoms with Gasteiger partial charge < -0.3 is 15.2 Å². The van der Waals surface area contributed by atoms with E-state index >= 15 is 0 Å². The van der Waals surface area contributed by atoms with Crippen molar-refractivity contribution in [1.82, 2.24) is 25.4 Å². The lowest BCUT2D eigenvalue weighted by Crippen LogP contribution is -2.37. The summed E-state index contributed by atoms with van der Waals surface area (Å²) in [5.74, 6) is 1.85. The van der Waals surface area contributed by atoms with Gasteiger partial charge >= 0.3 is 0 Å². The van der Waals surface area contributed by atoms with Gasteiger partial charge in [-0.2, -0.15) is 0 Å². The minimum atomic E-state index is -3.22. The fraction of sp³-hybridized carbons (Fsp3) is 0.526. The molecule has 0 saturated heterocycles. The van der Waals surface area contributed by atoms with E-state index in [1.807, 2.05) is 0 Å². The van der Waals surface area contributed by atoms with Crippen molar-refractivity contribution >= 4 is 39.8 Å². The third-order valence-electron chi connectivity index (χ3n) is 4.86. The third-order valence-corrected chi connectivity index (χ3v) is 5.69. The van der Waals surface area contributed by atoms with E-state index in [2.05, 4.69) is 30.4 Å². The van der Waals surface area contributed by atoms with Crippen molar-refractivity contribution < 1.29 is 12.8 Å². The van der Waals surface area contributed by atoms with Crippen molar-refractivity contribution in [2.24, 2.45) is 4.99 Å². The number of nitrogens with one attached hydrogen (secondary N) is 2. The Hall–Kier alpha value is -1.76. The Bertz CT molecular complexity index is 993. The standard InChI is InChI=1S/C19H27FN6O2S.HI/c1-21-19(23-12-18-25-24-17-6-4-3-5-9-26(17)18)22-11-15-10-16(20)8-7-14(15)13-29(2,27)28;/h7-8,10H,3-6,9,11-13H2,1-2H3,(H2,21,22,23);1H. The Balaban J connectivity index is 0.00000320. The maximum Gasteiger partial charge on any atom is 0.191 e. The smallest absolute Gasteiger partial charge is 0.191 e. The van der Waals surface area contributed by atoms with Crippen LogP contribution >= 0.6 is 24.0 Å². The summed E-state index contributed by atoms with van der Waals surface area (Å²) in [6, 6.07) is 4.13. The predicted molar refractivity (Wildman–Crippen MR) is 125 cm³/mol. The lowest BCUT2D eigenvalue weighted by molar-refractivity contribution is 0.596. The number of fused-ring (bicyclic) bond motifs is 1. The molecule has 0 bridgehead atoms. The van der Waals surface area contributed by atoms with E-state index in [0.29, 0.717) is 23.6 Å². The Morgan fingerprint density at radius 3 is 2.67 bits per heavy atom. The van der Waals surface area contributed by atoms with E-state index in [9.17, 15) is 12.8 Å². The SMILES string of the molecule is CN=C(NCc1cc(F)ccc1CS(C)(=O)=O)NCc1nnc2n1CCCCC2.I. The van der Waals surface area contributed by atoms with Crippen LogP contribution in [0.3, 0.4) is 0 Å². The number of nitrogens with zero attached hydrogens (tertiary/aromatic N) is 4. The van der Waals surface area contributed by atoms with Crippen LogP contribution in [0.4, 0.5) is 4.39 Å². The number of hydrogen-bond donors (Lipinski definition) is 2. The molecule has 1 aromatic carbocycles. The summed E-state index contributed by atoms with van der Waals surface area (Å²) in [4.78, 5) is 4.18. The molecule has 1 aromatic heterocycles. The van der Waals surface area contributed by atoms with E-state index < -0.39 is 15.7 Å². The van der Waals surface area contributed by atoms with Crippen LogP contribution in [0.2, 0.25) is 0 Å². The van der Waals surface area contributed by atoms with E-state index in [1.54, 1.807) is 7.05 Å². The summed E-state index contributed by atoms with van der Waals surface area (Å²) in [5.41, 5.74) is 1.15. The maximum absolute atomic E-state index is 13.7. The molecule has 2 N–H and O–H groups in total. The van der Waals surface area contributed by atoms with Crippen LogP contribution in [-0.2, 0) is 41.6 Å². The summed E-state index contributed by atoms with van der Waals surface area (Å²) in [6.07, 6.45) is 5.56. The molecule has 2 heterocycles. The summed E-state index contributed by atoms with van der Waals surface area (Å²) < 4.78 is 39.1. The minimum Gasteiger partial charge on any atom is -0.352 e. The van der Waals surface area contributed by atoms with Gasteiger partial charge in [0.05, 0.1) is 12.3 Å². The monoisotopic (exact) mass is 550 g/mol. The van der Waals surface area contributed by atoms with Gasteiger partial charge in [-0.25, -0.2) is 12.8 Å². The summed E-state index contributed by atoms with van der Waals surface area (Å²) in [7, 11) is -1.58. The fourth-order valence-electron chi connectivity index (χ4n) is 3.42. The van der Waals surface area contributed by atoms with Crippen molar-refractivity contribution in [1.29, 1.82) is 0 Å². The summed E-state index contributed by atoms with van der Waals surface area (Å²) in [6.45, 7) is 1.63. The molecule has 30 heavy (non-hydrogen) atoms. The molecule has 0 spiro atoms. The molecule has 2 aromatic rings. The molecule has 0 radical (unpaired) electrons. The fourth-order valence-corrected chi connectivity index (χ4v) is 4.27. The molecule has 0 saturated carbocycles. The second kappa shape index (κ2) is 11.0. The van der Waals surface area contributed by atoms with Crippen LogP contribution in [0.25, 0.3) is 0 Å². The third kappa shape index (κ3) is 6.89. The van der Waals surface area contributed by atoms with Crippen LogP contribution in [0, 0.1) is 5.82 Å². The van der Waals surface area contributed by atoms with E-state index in [4.69, 9.17) is 0 Å². The zero-order chi connectivity index (χ0) is 20.9. The highest BCUT2D eigenvalue weighted by Gasteiger charge is 2.15. The molecule has 11 heteroatoms. The molecule has 0 atom stereocenters. The first-order valence-corrected chi connectivity index (χ1v) is 11.7. The van der Waals surface area contributed by atoms with Gasteiger partial charge in [-0.05, 0) is 36.1 Å². The zero-order valence-electron chi connectivity index (χ0n) is 17.2. The first-order valence-electron chi connectivity index (χ1n) is 9.66. The molecular formula is C19H28FIN6O2S. The summed E-state index contributed by atoms with van der Waals surface area (Å²) in [5, 5.41) is 14.9. The average molecular weight is 550 g/mol. The van der Waals surface area contributed by atoms with E-state index in [0.717, 1.165) is 43.7 Å². The molecule has 8 nitrogen and oxygen atoms in total. The van der Waals surface area contributed by atoms with Gasteiger partial charge in [0.25, 0.3) is 0 Å². The number of aryl methyl sites for hydroxylation is 1. The molecule has 0 fully saturated rings. The van der Waals surface area contributed by atoms with Gasteiger partial charge in [-0.1, -0.05) is 12.5 Å². The molecule has 0 aliphatic carbocycles. The van der Waals surface area contributed by atoms with Gasteiger partial charge in [0.15, 0.2) is 21.6 Å². The number of rotatable bonds is 6. The normalized spacial score (nSPS) is 14.4. The van der Waals surface area contributed by atoms with Crippen molar-refractivity contribution in [3.63, 3.8) is 0 Å². The highest BCUT2D eigenvalue weighted by Crippen LogP contribution is 2.15. The first-order chi connectivity index (χ1) is 13.9. The van der Waals surface area contributed by atoms with Gasteiger partial charge in [0.2, 0.25) is 0 Å². The van der Waals surface area contributed by atoms with Crippen molar-refractivity contribution in [3.8, 4) is 0 Å². The minimum absolute atomic E-state index is 0. The van der Waals surface area contributed by atoms with E-state index in [1.165, 1.54) is 24.6 Å². The van der Waals surface area contributed by atoms with Crippen molar-refractivity contribution in [2.75, 3.05) is 13.3 Å². The Labute approximate surface area is 193 Å². The molecule has 0 unspecified atom stereocenters. The number of aromatic nitrogens is 3. The quantitative estimate of drug-likeness (QED) is 0.325. The molecule has 0 amide bonds. The van der Waals surface area contributed by atoms with Gasteiger partial charge in [0, 0.05) is 32.8 Å². The summed E-state index contributed by atoms with van der Waals surface area (Å²) >= 11 is 0. The number of guanidine groups is 1. The van der Waals surface area contributed by atoms with Gasteiger partial charge in [-0.15, -0.1) is 34.2 Å². The molecule has 3 rings (SSSR count). The molecule has 166 valence electrons. The van der Waals surface area contributed by atoms with E-state index in [-0.39, 0.29) is 36.3 Å². The Morgan fingerprint density at radius 2 is 1.93 bits per heavy atom. The largest absolute Gasteiger partial charge is 0.352 e. The average Bonchev–Trinajstić information content (AvgIpc) is 2.89. The second-order valence-electron chi connectivity index (χ2n) is 7.26. The van der Waals surface area contributed by atoms with Crippen LogP contribution in [0.1, 0.15) is 42.0 Å². The number of hydrogen-bond acceptors (Lipinski definition) is 5. The molecule has 1 aliphatic rings. The lowest BCUT2D eigenvalue weighted by atomic mass is 10.1.